The number of pyridine rings is 1. The summed E-state index contributed by atoms with van der Waals surface area (Å²) >= 11 is 1.63. The first kappa shape index (κ1) is 15.4. The first-order valence-corrected chi connectivity index (χ1v) is 9.06. The van der Waals surface area contributed by atoms with Gasteiger partial charge in [0.2, 0.25) is 0 Å². The number of piperazine rings is 1. The minimum Gasteiger partial charge on any atom is -0.336 e. The van der Waals surface area contributed by atoms with Crippen LogP contribution in [0.2, 0.25) is 0 Å². The monoisotopic (exact) mass is 340 g/mol. The molecule has 24 heavy (non-hydrogen) atoms. The highest BCUT2D eigenvalue weighted by Gasteiger charge is 2.23. The average molecular weight is 340 g/mol. The molecule has 1 aliphatic rings. The Morgan fingerprint density at radius 3 is 2.79 bits per heavy atom. The van der Waals surface area contributed by atoms with Crippen LogP contribution in [0.1, 0.15) is 20.9 Å². The van der Waals surface area contributed by atoms with Crippen molar-refractivity contribution in [3.8, 4) is 0 Å². The first-order chi connectivity index (χ1) is 11.7. The van der Waals surface area contributed by atoms with E-state index in [2.05, 4.69) is 16.1 Å². The van der Waals surface area contributed by atoms with Crippen molar-refractivity contribution in [1.29, 1.82) is 0 Å². The fraction of sp³-hybridized carbons (Fsp3) is 0.333. The number of hydrogen-bond acceptors (Lipinski definition) is 4. The Morgan fingerprint density at radius 1 is 1.25 bits per heavy atom. The number of nitrogens with zero attached hydrogens (tertiary/aromatic N) is 4. The van der Waals surface area contributed by atoms with Crippen LogP contribution in [0.15, 0.2) is 42.0 Å². The van der Waals surface area contributed by atoms with Crippen LogP contribution in [0.4, 0.5) is 0 Å². The maximum absolute atomic E-state index is 12.5. The lowest BCUT2D eigenvalue weighted by Crippen LogP contribution is -2.48. The molecule has 4 rings (SSSR count). The van der Waals surface area contributed by atoms with Crippen molar-refractivity contribution >= 4 is 22.9 Å². The second-order valence-electron chi connectivity index (χ2n) is 6.21. The fourth-order valence-corrected chi connectivity index (χ4v) is 3.82. The minimum absolute atomic E-state index is 0.159. The third kappa shape index (κ3) is 3.07. The summed E-state index contributed by atoms with van der Waals surface area (Å²) in [7, 11) is 0. The van der Waals surface area contributed by atoms with Crippen molar-refractivity contribution in [2.75, 3.05) is 26.2 Å². The summed E-state index contributed by atoms with van der Waals surface area (Å²) in [4.78, 5) is 22.7. The number of thiophene rings is 1. The lowest BCUT2D eigenvalue weighted by molar-refractivity contribution is 0.0627. The third-order valence-corrected chi connectivity index (χ3v) is 5.30. The first-order valence-electron chi connectivity index (χ1n) is 8.18. The number of aromatic nitrogens is 2. The predicted octanol–water partition coefficient (Wildman–Crippen LogP) is 2.66. The minimum atomic E-state index is 0.159. The van der Waals surface area contributed by atoms with Gasteiger partial charge in [0, 0.05) is 55.4 Å². The van der Waals surface area contributed by atoms with Crippen molar-refractivity contribution in [2.45, 2.75) is 13.5 Å². The van der Waals surface area contributed by atoms with Crippen molar-refractivity contribution in [1.82, 2.24) is 19.2 Å². The third-order valence-electron chi connectivity index (χ3n) is 4.44. The van der Waals surface area contributed by atoms with Crippen molar-refractivity contribution in [3.63, 3.8) is 0 Å². The normalized spacial score (nSPS) is 16.0. The number of imidazole rings is 1. The molecule has 0 saturated carbocycles. The summed E-state index contributed by atoms with van der Waals surface area (Å²) < 4.78 is 2.05. The van der Waals surface area contributed by atoms with E-state index in [1.165, 1.54) is 4.88 Å². The molecule has 0 N–H and O–H groups in total. The molecule has 124 valence electrons. The van der Waals surface area contributed by atoms with E-state index in [4.69, 9.17) is 0 Å². The molecule has 6 heteroatoms. The van der Waals surface area contributed by atoms with Gasteiger partial charge in [-0.25, -0.2) is 4.98 Å². The topological polar surface area (TPSA) is 40.9 Å². The molecule has 3 aromatic rings. The Hall–Kier alpha value is -2.18. The zero-order valence-corrected chi connectivity index (χ0v) is 14.5. The van der Waals surface area contributed by atoms with Crippen LogP contribution < -0.4 is 0 Å². The smallest absolute Gasteiger partial charge is 0.254 e. The molecule has 0 atom stereocenters. The van der Waals surface area contributed by atoms with E-state index >= 15 is 0 Å². The highest BCUT2D eigenvalue weighted by molar-refractivity contribution is 7.10. The highest BCUT2D eigenvalue weighted by Crippen LogP contribution is 2.17. The number of carbonyl (C=O) groups excluding carboxylic acids is 1. The molecule has 0 aromatic carbocycles. The second kappa shape index (κ2) is 6.37. The van der Waals surface area contributed by atoms with E-state index in [-0.39, 0.29) is 5.91 Å². The molecule has 1 fully saturated rings. The Kier molecular flexibility index (Phi) is 4.08. The molecular formula is C18H20N4OS. The number of fused-ring (bicyclic) bond motifs is 1. The van der Waals surface area contributed by atoms with Gasteiger partial charge < -0.3 is 9.30 Å². The predicted molar refractivity (Wildman–Crippen MR) is 95.4 cm³/mol. The van der Waals surface area contributed by atoms with Gasteiger partial charge in [-0.1, -0.05) is 6.07 Å². The maximum Gasteiger partial charge on any atom is 0.254 e. The van der Waals surface area contributed by atoms with Gasteiger partial charge in [0.25, 0.3) is 5.91 Å². The van der Waals surface area contributed by atoms with Crippen molar-refractivity contribution in [2.24, 2.45) is 0 Å². The molecule has 0 unspecified atom stereocenters. The summed E-state index contributed by atoms with van der Waals surface area (Å²) in [5.41, 5.74) is 2.88. The second-order valence-corrected chi connectivity index (χ2v) is 7.33. The SMILES string of the molecule is Cc1cc(C(=O)N2CCN(Cc3cn4ccccc4n3)CC2)cs1. The zero-order valence-electron chi connectivity index (χ0n) is 13.7. The number of aryl methyl sites for hydroxylation is 1. The quantitative estimate of drug-likeness (QED) is 0.736. The number of amides is 1. The van der Waals surface area contributed by atoms with Crippen LogP contribution in [0, 0.1) is 6.92 Å². The molecule has 1 amide bonds. The van der Waals surface area contributed by atoms with Gasteiger partial charge >= 0.3 is 0 Å². The zero-order chi connectivity index (χ0) is 16.5. The Balaban J connectivity index is 1.36. The molecule has 0 radical (unpaired) electrons. The van der Waals surface area contributed by atoms with Crippen molar-refractivity contribution < 1.29 is 4.79 Å². The summed E-state index contributed by atoms with van der Waals surface area (Å²) in [6.45, 7) is 6.21. The molecule has 5 nitrogen and oxygen atoms in total. The molecule has 0 spiro atoms. The van der Waals surface area contributed by atoms with Crippen LogP contribution in [-0.2, 0) is 6.54 Å². The van der Waals surface area contributed by atoms with E-state index in [0.717, 1.165) is 49.6 Å². The van der Waals surface area contributed by atoms with Crippen LogP contribution in [0.3, 0.4) is 0 Å². The van der Waals surface area contributed by atoms with Crippen molar-refractivity contribution in [3.05, 3.63) is 58.2 Å². The van der Waals surface area contributed by atoms with Gasteiger partial charge in [-0.2, -0.15) is 0 Å². The lowest BCUT2D eigenvalue weighted by Gasteiger charge is -2.34. The maximum atomic E-state index is 12.5. The highest BCUT2D eigenvalue weighted by atomic mass is 32.1. The molecule has 1 saturated heterocycles. The summed E-state index contributed by atoms with van der Waals surface area (Å²) in [6, 6.07) is 8.01. The summed E-state index contributed by atoms with van der Waals surface area (Å²) in [5, 5.41) is 1.96. The number of rotatable bonds is 3. The van der Waals surface area contributed by atoms with Crippen LogP contribution >= 0.6 is 11.3 Å². The molecule has 1 aliphatic heterocycles. The molecule has 0 bridgehead atoms. The average Bonchev–Trinajstić information content (AvgIpc) is 3.20. The Morgan fingerprint density at radius 2 is 2.08 bits per heavy atom. The molecule has 4 heterocycles. The van der Waals surface area contributed by atoms with Crippen LogP contribution in [0.5, 0.6) is 0 Å². The largest absolute Gasteiger partial charge is 0.336 e. The lowest BCUT2D eigenvalue weighted by atomic mass is 10.2. The van der Waals surface area contributed by atoms with E-state index in [9.17, 15) is 4.79 Å². The van der Waals surface area contributed by atoms with Crippen LogP contribution in [-0.4, -0.2) is 51.3 Å². The van der Waals surface area contributed by atoms with E-state index in [1.54, 1.807) is 11.3 Å². The van der Waals surface area contributed by atoms with Gasteiger partial charge in [0.05, 0.1) is 11.3 Å². The Labute approximate surface area is 145 Å². The van der Waals surface area contributed by atoms with E-state index < -0.39 is 0 Å². The van der Waals surface area contributed by atoms with Gasteiger partial charge in [0.1, 0.15) is 5.65 Å². The van der Waals surface area contributed by atoms with Gasteiger partial charge in [0.15, 0.2) is 0 Å². The summed E-state index contributed by atoms with van der Waals surface area (Å²) in [6.07, 6.45) is 4.10. The standard InChI is InChI=1S/C18H20N4OS/c1-14-10-15(13-24-14)18(23)21-8-6-20(7-9-21)11-16-12-22-5-3-2-4-17(22)19-16/h2-5,10,12-13H,6-9,11H2,1H3. The van der Waals surface area contributed by atoms with Gasteiger partial charge in [-0.15, -0.1) is 11.3 Å². The number of hydrogen-bond donors (Lipinski definition) is 0. The fourth-order valence-electron chi connectivity index (χ4n) is 3.14. The van der Waals surface area contributed by atoms with E-state index in [1.807, 2.05) is 52.1 Å². The molecular weight excluding hydrogens is 320 g/mol. The Bertz CT molecular complexity index is 828. The molecule has 3 aromatic heterocycles. The number of carbonyl (C=O) groups is 1. The van der Waals surface area contributed by atoms with Gasteiger partial charge in [-0.05, 0) is 25.1 Å². The van der Waals surface area contributed by atoms with Crippen LogP contribution in [0.25, 0.3) is 5.65 Å². The molecule has 0 aliphatic carbocycles. The summed E-state index contributed by atoms with van der Waals surface area (Å²) in [5.74, 6) is 0.159. The van der Waals surface area contributed by atoms with E-state index in [0.29, 0.717) is 0 Å². The van der Waals surface area contributed by atoms with Gasteiger partial charge in [-0.3, -0.25) is 9.69 Å².